The number of anilines is 1. The number of nitrogens with zero attached hydrogens (tertiary/aromatic N) is 1. The highest BCUT2D eigenvalue weighted by Gasteiger charge is 2.12. The molecule has 122 valence electrons. The van der Waals surface area contributed by atoms with E-state index in [9.17, 15) is 4.79 Å². The first kappa shape index (κ1) is 17.1. The van der Waals surface area contributed by atoms with Crippen molar-refractivity contribution in [3.63, 3.8) is 0 Å². The van der Waals surface area contributed by atoms with Crippen LogP contribution in [0.2, 0.25) is 5.02 Å². The predicted octanol–water partition coefficient (Wildman–Crippen LogP) is 4.41. The van der Waals surface area contributed by atoms with Gasteiger partial charge in [-0.25, -0.2) is 4.79 Å². The molecule has 0 aliphatic heterocycles. The Morgan fingerprint density at radius 2 is 2.04 bits per heavy atom. The van der Waals surface area contributed by atoms with Gasteiger partial charge in [0.05, 0.1) is 18.3 Å². The molecule has 1 aromatic carbocycles. The van der Waals surface area contributed by atoms with Crippen LogP contribution in [0, 0.1) is 0 Å². The largest absolute Gasteiger partial charge is 0.491 e. The van der Waals surface area contributed by atoms with Crippen molar-refractivity contribution < 1.29 is 9.53 Å². The summed E-state index contributed by atoms with van der Waals surface area (Å²) in [4.78, 5) is 16.2. The van der Waals surface area contributed by atoms with Crippen LogP contribution in [-0.2, 0) is 0 Å². The molecule has 0 radical (unpaired) electrons. The summed E-state index contributed by atoms with van der Waals surface area (Å²) in [6, 6.07) is 8.41. The van der Waals surface area contributed by atoms with Gasteiger partial charge < -0.3 is 15.4 Å². The number of rotatable bonds is 6. The second-order valence-electron chi connectivity index (χ2n) is 5.09. The molecule has 1 heterocycles. The monoisotopic (exact) mass is 333 g/mol. The van der Waals surface area contributed by atoms with Crippen LogP contribution in [0.5, 0.6) is 5.75 Å². The van der Waals surface area contributed by atoms with Crippen LogP contribution in [0.1, 0.15) is 31.9 Å². The first-order chi connectivity index (χ1) is 11.1. The van der Waals surface area contributed by atoms with Crippen LogP contribution in [0.25, 0.3) is 0 Å². The van der Waals surface area contributed by atoms with Crippen LogP contribution in [-0.4, -0.2) is 17.6 Å². The van der Waals surface area contributed by atoms with Gasteiger partial charge in [-0.05, 0) is 49.2 Å². The maximum Gasteiger partial charge on any atom is 0.319 e. The molecular weight excluding hydrogens is 314 g/mol. The molecule has 0 spiro atoms. The van der Waals surface area contributed by atoms with Crippen LogP contribution < -0.4 is 15.4 Å². The zero-order valence-electron chi connectivity index (χ0n) is 13.2. The minimum absolute atomic E-state index is 0.141. The van der Waals surface area contributed by atoms with Crippen LogP contribution in [0.3, 0.4) is 0 Å². The second kappa shape index (κ2) is 8.39. The van der Waals surface area contributed by atoms with Gasteiger partial charge in [-0.15, -0.1) is 0 Å². The third-order valence-electron chi connectivity index (χ3n) is 3.21. The topological polar surface area (TPSA) is 63.2 Å². The number of hydrogen-bond donors (Lipinski definition) is 2. The molecule has 6 heteroatoms. The number of urea groups is 1. The third-order valence-corrected chi connectivity index (χ3v) is 3.44. The molecule has 0 saturated heterocycles. The Kier molecular flexibility index (Phi) is 6.23. The van der Waals surface area contributed by atoms with E-state index in [0.29, 0.717) is 23.1 Å². The Morgan fingerprint density at radius 3 is 2.74 bits per heavy atom. The van der Waals surface area contributed by atoms with Crippen molar-refractivity contribution >= 4 is 23.3 Å². The number of carbonyl (C=O) groups is 1. The summed E-state index contributed by atoms with van der Waals surface area (Å²) in [5, 5.41) is 6.19. The summed E-state index contributed by atoms with van der Waals surface area (Å²) in [7, 11) is 0. The van der Waals surface area contributed by atoms with E-state index in [4.69, 9.17) is 16.3 Å². The van der Waals surface area contributed by atoms with E-state index in [0.717, 1.165) is 12.0 Å². The van der Waals surface area contributed by atoms with Crippen molar-refractivity contribution in [3.8, 4) is 5.75 Å². The Bertz CT molecular complexity index is 650. The maximum absolute atomic E-state index is 12.2. The van der Waals surface area contributed by atoms with E-state index < -0.39 is 0 Å². The lowest BCUT2D eigenvalue weighted by Crippen LogP contribution is -2.31. The van der Waals surface area contributed by atoms with Gasteiger partial charge in [0, 0.05) is 17.4 Å². The molecule has 0 fully saturated rings. The van der Waals surface area contributed by atoms with Crippen molar-refractivity contribution in [1.82, 2.24) is 10.3 Å². The molecule has 23 heavy (non-hydrogen) atoms. The van der Waals surface area contributed by atoms with Gasteiger partial charge in [0.2, 0.25) is 0 Å². The van der Waals surface area contributed by atoms with E-state index in [1.54, 1.807) is 30.6 Å². The summed E-state index contributed by atoms with van der Waals surface area (Å²) in [6.45, 7) is 4.50. The van der Waals surface area contributed by atoms with Crippen LogP contribution >= 0.6 is 11.6 Å². The van der Waals surface area contributed by atoms with Gasteiger partial charge >= 0.3 is 6.03 Å². The minimum Gasteiger partial charge on any atom is -0.491 e. The number of pyridine rings is 1. The zero-order chi connectivity index (χ0) is 16.7. The SMILES string of the molecule is CCCOc1ccc(Cl)cc1NC(=O)NC(C)c1ccncc1. The lowest BCUT2D eigenvalue weighted by molar-refractivity contribution is 0.249. The molecule has 2 rings (SSSR count). The van der Waals surface area contributed by atoms with E-state index in [1.165, 1.54) is 0 Å². The van der Waals surface area contributed by atoms with Gasteiger partial charge in [0.25, 0.3) is 0 Å². The van der Waals surface area contributed by atoms with E-state index in [-0.39, 0.29) is 12.1 Å². The van der Waals surface area contributed by atoms with Crippen molar-refractivity contribution in [2.24, 2.45) is 0 Å². The number of nitrogens with one attached hydrogen (secondary N) is 2. The second-order valence-corrected chi connectivity index (χ2v) is 5.53. The lowest BCUT2D eigenvalue weighted by Gasteiger charge is -2.17. The summed E-state index contributed by atoms with van der Waals surface area (Å²) in [5.74, 6) is 0.600. The van der Waals surface area contributed by atoms with Crippen molar-refractivity contribution in [1.29, 1.82) is 0 Å². The molecule has 1 aromatic heterocycles. The summed E-state index contributed by atoms with van der Waals surface area (Å²) in [5.41, 5.74) is 1.52. The van der Waals surface area contributed by atoms with Gasteiger partial charge in [-0.3, -0.25) is 4.98 Å². The zero-order valence-corrected chi connectivity index (χ0v) is 13.9. The number of benzene rings is 1. The molecule has 2 aromatic rings. The smallest absolute Gasteiger partial charge is 0.319 e. The average molecular weight is 334 g/mol. The molecule has 5 nitrogen and oxygen atoms in total. The standard InChI is InChI=1S/C17H20ClN3O2/c1-3-10-23-16-5-4-14(18)11-15(16)21-17(22)20-12(2)13-6-8-19-9-7-13/h4-9,11-12H,3,10H2,1-2H3,(H2,20,21,22). The van der Waals surface area contributed by atoms with E-state index in [1.807, 2.05) is 26.0 Å². The molecule has 1 atom stereocenters. The van der Waals surface area contributed by atoms with Gasteiger partial charge in [-0.1, -0.05) is 18.5 Å². The molecule has 0 bridgehead atoms. The fraction of sp³-hybridized carbons (Fsp3) is 0.294. The highest BCUT2D eigenvalue weighted by Crippen LogP contribution is 2.28. The van der Waals surface area contributed by atoms with Crippen molar-refractivity contribution in [3.05, 3.63) is 53.3 Å². The molecule has 2 amide bonds. The summed E-state index contributed by atoms with van der Waals surface area (Å²) < 4.78 is 5.62. The Morgan fingerprint density at radius 1 is 1.30 bits per heavy atom. The molecule has 0 aliphatic rings. The lowest BCUT2D eigenvalue weighted by atomic mass is 10.1. The van der Waals surface area contributed by atoms with Crippen molar-refractivity contribution in [2.45, 2.75) is 26.3 Å². The Balaban J connectivity index is 2.03. The minimum atomic E-state index is -0.321. The van der Waals surface area contributed by atoms with Gasteiger partial charge in [-0.2, -0.15) is 0 Å². The average Bonchev–Trinajstić information content (AvgIpc) is 2.55. The number of carbonyl (C=O) groups excluding carboxylic acids is 1. The Labute approximate surface area is 141 Å². The quantitative estimate of drug-likeness (QED) is 0.823. The number of aromatic nitrogens is 1. The van der Waals surface area contributed by atoms with Crippen LogP contribution in [0.4, 0.5) is 10.5 Å². The molecule has 2 N–H and O–H groups in total. The highest BCUT2D eigenvalue weighted by atomic mass is 35.5. The number of ether oxygens (including phenoxy) is 1. The van der Waals surface area contributed by atoms with E-state index >= 15 is 0 Å². The highest BCUT2D eigenvalue weighted by molar-refractivity contribution is 6.31. The van der Waals surface area contributed by atoms with Crippen LogP contribution in [0.15, 0.2) is 42.7 Å². The summed E-state index contributed by atoms with van der Waals surface area (Å²) in [6.07, 6.45) is 4.27. The number of amides is 2. The van der Waals surface area contributed by atoms with Gasteiger partial charge in [0.15, 0.2) is 0 Å². The number of halogens is 1. The predicted molar refractivity (Wildman–Crippen MR) is 92.0 cm³/mol. The fourth-order valence-corrected chi connectivity index (χ4v) is 2.20. The first-order valence-electron chi connectivity index (χ1n) is 7.50. The molecular formula is C17H20ClN3O2. The maximum atomic E-state index is 12.2. The summed E-state index contributed by atoms with van der Waals surface area (Å²) >= 11 is 6.00. The normalized spacial score (nSPS) is 11.6. The van der Waals surface area contributed by atoms with E-state index in [2.05, 4.69) is 15.6 Å². The van der Waals surface area contributed by atoms with Crippen molar-refractivity contribution in [2.75, 3.05) is 11.9 Å². The fourth-order valence-electron chi connectivity index (χ4n) is 2.03. The third kappa shape index (κ3) is 5.14. The molecule has 1 unspecified atom stereocenters. The first-order valence-corrected chi connectivity index (χ1v) is 7.87. The molecule has 0 aliphatic carbocycles. The number of hydrogen-bond acceptors (Lipinski definition) is 3. The Hall–Kier alpha value is -2.27. The van der Waals surface area contributed by atoms with Gasteiger partial charge in [0.1, 0.15) is 5.75 Å². The molecule has 0 saturated carbocycles.